The van der Waals surface area contributed by atoms with Gasteiger partial charge in [-0.2, -0.15) is 0 Å². The lowest BCUT2D eigenvalue weighted by Crippen LogP contribution is -2.38. The van der Waals surface area contributed by atoms with Gasteiger partial charge >= 0.3 is 0 Å². The zero-order valence-electron chi connectivity index (χ0n) is 11.0. The third-order valence-electron chi connectivity index (χ3n) is 4.34. The second-order valence-electron chi connectivity index (χ2n) is 6.07. The molecule has 18 heavy (non-hydrogen) atoms. The molecule has 2 N–H and O–H groups in total. The van der Waals surface area contributed by atoms with Gasteiger partial charge in [-0.25, -0.2) is 4.39 Å². The first kappa shape index (κ1) is 14.0. The zero-order chi connectivity index (χ0) is 13.3. The highest BCUT2D eigenvalue weighted by Crippen LogP contribution is 2.44. The van der Waals surface area contributed by atoms with E-state index in [9.17, 15) is 4.39 Å². The van der Waals surface area contributed by atoms with Crippen molar-refractivity contribution in [2.24, 2.45) is 17.1 Å². The number of rotatable bonds is 3. The Morgan fingerprint density at radius 3 is 2.83 bits per heavy atom. The first-order valence-corrected chi connectivity index (χ1v) is 7.39. The van der Waals surface area contributed by atoms with Gasteiger partial charge in [-0.05, 0) is 58.2 Å². The molecule has 1 fully saturated rings. The highest BCUT2D eigenvalue weighted by Gasteiger charge is 2.38. The number of hydrogen-bond donors (Lipinski definition) is 1. The van der Waals surface area contributed by atoms with Gasteiger partial charge in [-0.3, -0.25) is 0 Å². The summed E-state index contributed by atoms with van der Waals surface area (Å²) < 4.78 is 14.0. The molecule has 0 spiro atoms. The van der Waals surface area contributed by atoms with Crippen LogP contribution in [0.25, 0.3) is 0 Å². The van der Waals surface area contributed by atoms with Crippen LogP contribution in [0.4, 0.5) is 4.39 Å². The molecule has 0 aliphatic heterocycles. The van der Waals surface area contributed by atoms with Crippen LogP contribution in [0.2, 0.25) is 0 Å². The van der Waals surface area contributed by atoms with Gasteiger partial charge in [0.1, 0.15) is 5.82 Å². The summed E-state index contributed by atoms with van der Waals surface area (Å²) in [5.41, 5.74) is 7.66. The van der Waals surface area contributed by atoms with E-state index < -0.39 is 0 Å². The molecule has 2 rings (SSSR count). The van der Waals surface area contributed by atoms with E-state index in [1.165, 1.54) is 25.3 Å². The fourth-order valence-electron chi connectivity index (χ4n) is 3.25. The third-order valence-corrected chi connectivity index (χ3v) is 5.23. The summed E-state index contributed by atoms with van der Waals surface area (Å²) in [4.78, 5) is 0. The summed E-state index contributed by atoms with van der Waals surface area (Å²) in [5, 5.41) is 0. The maximum absolute atomic E-state index is 13.5. The number of hydrogen-bond acceptors (Lipinski definition) is 1. The minimum Gasteiger partial charge on any atom is -0.327 e. The van der Waals surface area contributed by atoms with Gasteiger partial charge in [-0.1, -0.05) is 32.4 Å². The smallest absolute Gasteiger partial charge is 0.137 e. The van der Waals surface area contributed by atoms with Gasteiger partial charge in [0.05, 0.1) is 4.47 Å². The Hall–Kier alpha value is -0.410. The third kappa shape index (κ3) is 2.77. The van der Waals surface area contributed by atoms with E-state index in [0.29, 0.717) is 15.8 Å². The SMILES string of the molecule is CC1(C)CCCC1C(N)Cc1cccc(F)c1Br. The molecule has 1 nitrogen and oxygen atoms in total. The Kier molecular flexibility index (Phi) is 4.12. The van der Waals surface area contributed by atoms with Crippen molar-refractivity contribution >= 4 is 15.9 Å². The van der Waals surface area contributed by atoms with Crippen molar-refractivity contribution in [2.75, 3.05) is 0 Å². The van der Waals surface area contributed by atoms with Gasteiger partial charge in [0.2, 0.25) is 0 Å². The van der Waals surface area contributed by atoms with Crippen molar-refractivity contribution in [3.8, 4) is 0 Å². The summed E-state index contributed by atoms with van der Waals surface area (Å²) in [6.45, 7) is 4.59. The highest BCUT2D eigenvalue weighted by atomic mass is 79.9. The maximum Gasteiger partial charge on any atom is 0.137 e. The highest BCUT2D eigenvalue weighted by molar-refractivity contribution is 9.10. The van der Waals surface area contributed by atoms with Crippen molar-refractivity contribution in [3.63, 3.8) is 0 Å². The van der Waals surface area contributed by atoms with Crippen LogP contribution in [-0.4, -0.2) is 6.04 Å². The molecule has 0 heterocycles. The second kappa shape index (κ2) is 5.30. The lowest BCUT2D eigenvalue weighted by molar-refractivity contribution is 0.220. The molecule has 1 aliphatic carbocycles. The van der Waals surface area contributed by atoms with Crippen LogP contribution >= 0.6 is 15.9 Å². The minimum atomic E-state index is -0.203. The normalized spacial score (nSPS) is 24.2. The van der Waals surface area contributed by atoms with Gasteiger partial charge in [-0.15, -0.1) is 0 Å². The summed E-state index contributed by atoms with van der Waals surface area (Å²) in [6, 6.07) is 5.29. The average Bonchev–Trinajstić information content (AvgIpc) is 2.65. The van der Waals surface area contributed by atoms with Crippen molar-refractivity contribution in [1.29, 1.82) is 0 Å². The summed E-state index contributed by atoms with van der Waals surface area (Å²) in [6.07, 6.45) is 4.44. The Morgan fingerprint density at radius 1 is 1.50 bits per heavy atom. The van der Waals surface area contributed by atoms with E-state index in [0.717, 1.165) is 12.0 Å². The van der Waals surface area contributed by atoms with E-state index in [4.69, 9.17) is 5.73 Å². The van der Waals surface area contributed by atoms with Crippen molar-refractivity contribution in [1.82, 2.24) is 0 Å². The van der Waals surface area contributed by atoms with Crippen LogP contribution in [0, 0.1) is 17.2 Å². The van der Waals surface area contributed by atoms with E-state index in [-0.39, 0.29) is 11.9 Å². The maximum atomic E-state index is 13.5. The summed E-state index contributed by atoms with van der Waals surface area (Å²) in [7, 11) is 0. The molecule has 1 aromatic carbocycles. The van der Waals surface area contributed by atoms with E-state index >= 15 is 0 Å². The van der Waals surface area contributed by atoms with Crippen LogP contribution in [-0.2, 0) is 6.42 Å². The average molecular weight is 314 g/mol. The van der Waals surface area contributed by atoms with Gasteiger partial charge in [0, 0.05) is 6.04 Å². The van der Waals surface area contributed by atoms with Crippen LogP contribution in [0.3, 0.4) is 0 Å². The predicted molar refractivity (Wildman–Crippen MR) is 76.9 cm³/mol. The van der Waals surface area contributed by atoms with Crippen LogP contribution in [0.15, 0.2) is 22.7 Å². The second-order valence-corrected chi connectivity index (χ2v) is 6.86. The minimum absolute atomic E-state index is 0.112. The van der Waals surface area contributed by atoms with Crippen LogP contribution < -0.4 is 5.73 Å². The Balaban J connectivity index is 2.12. The predicted octanol–water partition coefficient (Wildman–Crippen LogP) is 4.28. The molecule has 1 aromatic rings. The first-order valence-electron chi connectivity index (χ1n) is 6.60. The summed E-state index contributed by atoms with van der Waals surface area (Å²) >= 11 is 3.32. The molecule has 0 amide bonds. The van der Waals surface area contributed by atoms with Gasteiger partial charge in [0.15, 0.2) is 0 Å². The molecule has 2 atom stereocenters. The molecule has 1 aliphatic rings. The molecule has 1 saturated carbocycles. The number of benzene rings is 1. The van der Waals surface area contributed by atoms with Gasteiger partial charge in [0.25, 0.3) is 0 Å². The molecule has 0 radical (unpaired) electrons. The Bertz CT molecular complexity index is 431. The molecular weight excluding hydrogens is 293 g/mol. The zero-order valence-corrected chi connectivity index (χ0v) is 12.6. The Labute approximate surface area is 117 Å². The summed E-state index contributed by atoms with van der Waals surface area (Å²) in [5.74, 6) is 0.332. The van der Waals surface area contributed by atoms with E-state index in [1.54, 1.807) is 6.07 Å². The number of halogens is 2. The van der Waals surface area contributed by atoms with Crippen LogP contribution in [0.1, 0.15) is 38.7 Å². The van der Waals surface area contributed by atoms with Crippen molar-refractivity contribution in [3.05, 3.63) is 34.1 Å². The molecule has 0 aromatic heterocycles. The molecule has 2 unspecified atom stereocenters. The quantitative estimate of drug-likeness (QED) is 0.885. The molecule has 0 bridgehead atoms. The van der Waals surface area contributed by atoms with E-state index in [1.807, 2.05) is 6.07 Å². The van der Waals surface area contributed by atoms with Gasteiger partial charge < -0.3 is 5.73 Å². The fourth-order valence-corrected chi connectivity index (χ4v) is 3.68. The van der Waals surface area contributed by atoms with Crippen molar-refractivity contribution in [2.45, 2.75) is 45.6 Å². The lowest BCUT2D eigenvalue weighted by Gasteiger charge is -2.32. The fraction of sp³-hybridized carbons (Fsp3) is 0.600. The Morgan fingerprint density at radius 2 is 2.22 bits per heavy atom. The van der Waals surface area contributed by atoms with E-state index in [2.05, 4.69) is 29.8 Å². The number of nitrogens with two attached hydrogens (primary N) is 1. The first-order chi connectivity index (χ1) is 8.42. The van der Waals surface area contributed by atoms with Crippen molar-refractivity contribution < 1.29 is 4.39 Å². The topological polar surface area (TPSA) is 26.0 Å². The molecule has 3 heteroatoms. The monoisotopic (exact) mass is 313 g/mol. The molecule has 100 valence electrons. The molecular formula is C15H21BrFN. The largest absolute Gasteiger partial charge is 0.327 e. The van der Waals surface area contributed by atoms with Crippen LogP contribution in [0.5, 0.6) is 0 Å². The standard InChI is InChI=1S/C15H21BrFN/c1-15(2)8-4-6-11(15)13(18)9-10-5-3-7-12(17)14(10)16/h3,5,7,11,13H,4,6,8-9,18H2,1-2H3. The molecule has 0 saturated heterocycles. The lowest BCUT2D eigenvalue weighted by atomic mass is 9.76.